The molecule has 3 heterocycles. The van der Waals surface area contributed by atoms with Gasteiger partial charge in [0.15, 0.2) is 18.9 Å². The van der Waals surface area contributed by atoms with Gasteiger partial charge >= 0.3 is 0 Å². The molecule has 1 saturated carbocycles. The molecule has 0 aromatic rings. The SMILES string of the molecule is CC(O)C(F)CN.NCCC1O[C@H](O[C@@H]2C(N)CC(NC=O)CC2OC2CCC(CO)O2)CC[C@@H]1O.NC[C@@H]1O[C@H](O)[C@H](N)C(O)[C@@H]1O. The first-order valence-electron chi connectivity index (χ1n) is 16.5. The highest BCUT2D eigenvalue weighted by atomic mass is 19.1. The van der Waals surface area contributed by atoms with Crippen LogP contribution in [0.3, 0.4) is 0 Å². The van der Waals surface area contributed by atoms with Crippen LogP contribution in [0.1, 0.15) is 51.9 Å². The smallest absolute Gasteiger partial charge is 0.207 e. The van der Waals surface area contributed by atoms with Crippen LogP contribution in [0.25, 0.3) is 0 Å². The average Bonchev–Trinajstić information content (AvgIpc) is 3.52. The lowest BCUT2D eigenvalue weighted by Crippen LogP contribution is -2.62. The number of carbonyl (C=O) groups excluding carboxylic acids is 1. The Morgan fingerprint density at radius 3 is 2.15 bits per heavy atom. The number of aliphatic hydroxyl groups is 6. The third-order valence-electron chi connectivity index (χ3n) is 8.73. The monoisotopic (exact) mass is 702 g/mol. The lowest BCUT2D eigenvalue weighted by molar-refractivity contribution is -0.275. The zero-order valence-electron chi connectivity index (χ0n) is 27.5. The Labute approximate surface area is 280 Å². The molecule has 4 rings (SSSR count). The quantitative estimate of drug-likeness (QED) is 0.0848. The Morgan fingerprint density at radius 1 is 0.938 bits per heavy atom. The van der Waals surface area contributed by atoms with Crippen molar-refractivity contribution in [1.82, 2.24) is 5.32 Å². The molecule has 0 bridgehead atoms. The molecule has 1 amide bonds. The zero-order chi connectivity index (χ0) is 36.0. The minimum absolute atomic E-state index is 0.0298. The first-order valence-corrected chi connectivity index (χ1v) is 16.5. The highest BCUT2D eigenvalue weighted by Crippen LogP contribution is 2.32. The van der Waals surface area contributed by atoms with E-state index < -0.39 is 67.7 Å². The molecule has 48 heavy (non-hydrogen) atoms. The molecular formula is C29H59FN6O12. The molecule has 1 aliphatic carbocycles. The van der Waals surface area contributed by atoms with Crippen LogP contribution in [0.5, 0.6) is 0 Å². The van der Waals surface area contributed by atoms with Crippen molar-refractivity contribution in [3.8, 4) is 0 Å². The number of hydrogen-bond acceptors (Lipinski definition) is 17. The summed E-state index contributed by atoms with van der Waals surface area (Å²) in [6.45, 7) is 1.68. The molecule has 3 aliphatic heterocycles. The summed E-state index contributed by atoms with van der Waals surface area (Å²) in [4.78, 5) is 10.9. The molecule has 18 nitrogen and oxygen atoms in total. The van der Waals surface area contributed by atoms with Crippen molar-refractivity contribution in [2.75, 3.05) is 26.2 Å². The normalized spacial score (nSPS) is 41.2. The van der Waals surface area contributed by atoms with Gasteiger partial charge in [0.25, 0.3) is 0 Å². The predicted molar refractivity (Wildman–Crippen MR) is 168 cm³/mol. The summed E-state index contributed by atoms with van der Waals surface area (Å²) in [5, 5.41) is 58.2. The maximum Gasteiger partial charge on any atom is 0.207 e. The summed E-state index contributed by atoms with van der Waals surface area (Å²) in [5.41, 5.74) is 27.4. The standard InChI is InChI=1S/C19H35N3O7.C6H14N2O4.C4H10FNO/c20-6-5-15-14(25)2-4-18(27-15)29-19-13(21)7-11(22-10-24)8-16(19)28-17-3-1-12(9-23)26-17;7-1-2-4(9)5(10)3(8)6(11)12-2;1-3(7)4(5)2-6/h10-19,23,25H,1-9,20-21H2,(H,22,24);2-6,9-11H,1,7-8H2;3-4,7H,2,6H2,1H3/t11?,12?,13?,14-,15?,16?,17?,18+,19+;2-,3+,4+,5?,6-;/m00./s1. The maximum atomic E-state index is 11.9. The molecule has 0 aromatic carbocycles. The number of carbonyl (C=O) groups is 1. The molecule has 0 radical (unpaired) electrons. The van der Waals surface area contributed by atoms with Crippen LogP contribution in [0.2, 0.25) is 0 Å². The van der Waals surface area contributed by atoms with E-state index in [0.29, 0.717) is 51.5 Å². The van der Waals surface area contributed by atoms with Gasteiger partial charge < -0.3 is 88.3 Å². The zero-order valence-corrected chi connectivity index (χ0v) is 27.5. The molecule has 0 spiro atoms. The van der Waals surface area contributed by atoms with Crippen molar-refractivity contribution >= 4 is 6.41 Å². The minimum atomic E-state index is -1.27. The van der Waals surface area contributed by atoms with E-state index in [0.717, 1.165) is 6.42 Å². The Bertz CT molecular complexity index is 888. The van der Waals surface area contributed by atoms with Crippen LogP contribution >= 0.6 is 0 Å². The van der Waals surface area contributed by atoms with Crippen LogP contribution in [0, 0.1) is 0 Å². The van der Waals surface area contributed by atoms with Gasteiger partial charge in [0.1, 0.15) is 30.6 Å². The number of halogens is 1. The number of nitrogens with one attached hydrogen (secondary N) is 1. The van der Waals surface area contributed by atoms with Gasteiger partial charge in [-0.1, -0.05) is 0 Å². The summed E-state index contributed by atoms with van der Waals surface area (Å²) >= 11 is 0. The maximum absolute atomic E-state index is 11.9. The molecule has 16 atom stereocenters. The molecule has 9 unspecified atom stereocenters. The van der Waals surface area contributed by atoms with Gasteiger partial charge in [-0.05, 0) is 45.6 Å². The Balaban J connectivity index is 0.000000345. The van der Waals surface area contributed by atoms with Crippen molar-refractivity contribution in [3.63, 3.8) is 0 Å². The average molecular weight is 703 g/mol. The van der Waals surface area contributed by atoms with E-state index in [1.807, 2.05) is 0 Å². The molecule has 17 N–H and O–H groups in total. The predicted octanol–water partition coefficient (Wildman–Crippen LogP) is -4.92. The number of ether oxygens (including phenoxy) is 5. The number of nitrogens with two attached hydrogens (primary N) is 5. The van der Waals surface area contributed by atoms with Crippen molar-refractivity contribution in [1.29, 1.82) is 0 Å². The first kappa shape index (κ1) is 42.9. The Hall–Kier alpha value is -1.24. The number of amides is 1. The summed E-state index contributed by atoms with van der Waals surface area (Å²) < 4.78 is 40.7. The van der Waals surface area contributed by atoms with Gasteiger partial charge in [0.2, 0.25) is 6.41 Å². The van der Waals surface area contributed by atoms with E-state index in [9.17, 15) is 29.6 Å². The van der Waals surface area contributed by atoms with E-state index in [4.69, 9.17) is 62.6 Å². The van der Waals surface area contributed by atoms with Gasteiger partial charge in [0, 0.05) is 38.0 Å². The first-order chi connectivity index (χ1) is 22.8. The minimum Gasteiger partial charge on any atom is -0.394 e. The Kier molecular flexibility index (Phi) is 19.5. The van der Waals surface area contributed by atoms with E-state index in [1.54, 1.807) is 0 Å². The van der Waals surface area contributed by atoms with E-state index in [2.05, 4.69) is 5.32 Å². The third kappa shape index (κ3) is 13.1. The summed E-state index contributed by atoms with van der Waals surface area (Å²) in [7, 11) is 0. The van der Waals surface area contributed by atoms with Gasteiger partial charge in [-0.15, -0.1) is 0 Å². The molecule has 284 valence electrons. The van der Waals surface area contributed by atoms with Crippen molar-refractivity contribution in [3.05, 3.63) is 0 Å². The summed E-state index contributed by atoms with van der Waals surface area (Å²) in [6.07, 6.45) is -4.54. The van der Waals surface area contributed by atoms with E-state index in [-0.39, 0.29) is 50.1 Å². The summed E-state index contributed by atoms with van der Waals surface area (Å²) in [5.74, 6) is 0. The Morgan fingerprint density at radius 2 is 1.60 bits per heavy atom. The number of aliphatic hydroxyl groups excluding tert-OH is 6. The molecule has 0 aromatic heterocycles. The van der Waals surface area contributed by atoms with Gasteiger partial charge in [-0.2, -0.15) is 0 Å². The van der Waals surface area contributed by atoms with Crippen LogP contribution < -0.4 is 34.0 Å². The van der Waals surface area contributed by atoms with Crippen molar-refractivity contribution in [2.45, 2.75) is 150 Å². The second-order valence-corrected chi connectivity index (χ2v) is 12.5. The molecule has 3 saturated heterocycles. The van der Waals surface area contributed by atoms with Crippen LogP contribution in [-0.2, 0) is 28.5 Å². The molecule has 19 heteroatoms. The van der Waals surface area contributed by atoms with Gasteiger partial charge in [-0.25, -0.2) is 4.39 Å². The van der Waals surface area contributed by atoms with E-state index in [1.165, 1.54) is 6.92 Å². The van der Waals surface area contributed by atoms with Crippen LogP contribution in [-0.4, -0.2) is 161 Å². The summed E-state index contributed by atoms with van der Waals surface area (Å²) in [6, 6.07) is -1.45. The lowest BCUT2D eigenvalue weighted by atomic mass is 9.86. The van der Waals surface area contributed by atoms with Gasteiger partial charge in [-0.3, -0.25) is 4.79 Å². The van der Waals surface area contributed by atoms with E-state index >= 15 is 0 Å². The fourth-order valence-electron chi connectivity index (χ4n) is 5.81. The number of rotatable bonds is 12. The van der Waals surface area contributed by atoms with Crippen molar-refractivity contribution < 1.29 is 63.5 Å². The molecule has 4 aliphatic rings. The lowest BCUT2D eigenvalue weighted by Gasteiger charge is -2.43. The topological polar surface area (TPSA) is 327 Å². The van der Waals surface area contributed by atoms with Gasteiger partial charge in [0.05, 0.1) is 43.2 Å². The van der Waals surface area contributed by atoms with Crippen LogP contribution in [0.15, 0.2) is 0 Å². The van der Waals surface area contributed by atoms with Crippen molar-refractivity contribution in [2.24, 2.45) is 28.7 Å². The third-order valence-corrected chi connectivity index (χ3v) is 8.73. The fraction of sp³-hybridized carbons (Fsp3) is 0.966. The second-order valence-electron chi connectivity index (χ2n) is 12.5. The van der Waals surface area contributed by atoms with Crippen LogP contribution in [0.4, 0.5) is 4.39 Å². The molecule has 4 fully saturated rings. The molecular weight excluding hydrogens is 643 g/mol. The second kappa shape index (κ2) is 21.9. The number of hydrogen-bond donors (Lipinski definition) is 12. The highest BCUT2D eigenvalue weighted by Gasteiger charge is 2.43. The largest absolute Gasteiger partial charge is 0.394 e. The number of alkyl halides is 1. The fourth-order valence-corrected chi connectivity index (χ4v) is 5.81. The highest BCUT2D eigenvalue weighted by molar-refractivity contribution is 5.46.